The lowest BCUT2D eigenvalue weighted by molar-refractivity contribution is -0.898. The van der Waals surface area contributed by atoms with E-state index in [0.29, 0.717) is 0 Å². The van der Waals surface area contributed by atoms with Gasteiger partial charge in [-0.25, -0.2) is 0 Å². The molecule has 122 valence electrons. The fourth-order valence-corrected chi connectivity index (χ4v) is 2.51. The Kier molecular flexibility index (Phi) is 22.1. The van der Waals surface area contributed by atoms with Crippen LogP contribution in [0.3, 0.4) is 0 Å². The predicted octanol–water partition coefficient (Wildman–Crippen LogP) is 2.53. The van der Waals surface area contributed by atoms with Crippen LogP contribution in [0.5, 0.6) is 0 Å². The maximum atomic E-state index is 3.86. The van der Waals surface area contributed by atoms with Gasteiger partial charge in [0.2, 0.25) is 0 Å². The number of hydrogen-bond donors (Lipinski definition) is 0. The van der Waals surface area contributed by atoms with E-state index in [0.717, 1.165) is 17.6 Å². The van der Waals surface area contributed by atoms with Crippen molar-refractivity contribution < 1.29 is 21.5 Å². The Balaban J connectivity index is -0.00000144. The number of quaternary nitrogens is 1. The molecule has 0 saturated heterocycles. The smallest absolute Gasteiger partial charge is 0.0971 e. The molecule has 3 heteroatoms. The zero-order valence-electron chi connectivity index (χ0n) is 13.6. The van der Waals surface area contributed by atoms with E-state index in [1.807, 2.05) is 12.2 Å². The molecular formula is C17H35Br2N. The minimum absolute atomic E-state index is 0. The van der Waals surface area contributed by atoms with E-state index >= 15 is 0 Å². The largest absolute Gasteiger partial charge is 1.00 e. The molecule has 0 amide bonds. The first-order valence-electron chi connectivity index (χ1n) is 7.74. The van der Waals surface area contributed by atoms with Crippen LogP contribution in [-0.2, 0) is 0 Å². The molecule has 0 aromatic rings. The third-order valence-corrected chi connectivity index (χ3v) is 3.69. The van der Waals surface area contributed by atoms with E-state index in [9.17, 15) is 0 Å². The highest BCUT2D eigenvalue weighted by atomic mass is 79.9. The van der Waals surface area contributed by atoms with Crippen LogP contribution < -0.4 is 17.0 Å². The topological polar surface area (TPSA) is 0 Å². The summed E-state index contributed by atoms with van der Waals surface area (Å²) in [6.07, 6.45) is 15.2. The first-order valence-corrected chi connectivity index (χ1v) is 7.74. The number of likely N-dealkylation sites (N-methyl/N-ethyl adjacent to an activating group) is 1. The summed E-state index contributed by atoms with van der Waals surface area (Å²) < 4.78 is 1.07. The van der Waals surface area contributed by atoms with Gasteiger partial charge >= 0.3 is 0 Å². The quantitative estimate of drug-likeness (QED) is 0.247. The molecule has 0 aromatic heterocycles. The molecule has 0 rings (SSSR count). The van der Waals surface area contributed by atoms with Crippen LogP contribution in [0, 0.1) is 0 Å². The lowest BCUT2D eigenvalue weighted by Crippen LogP contribution is -3.00. The summed E-state index contributed by atoms with van der Waals surface area (Å²) in [6.45, 7) is 13.4. The van der Waals surface area contributed by atoms with Gasteiger partial charge in [0.15, 0.2) is 0 Å². The average Bonchev–Trinajstić information content (AvgIpc) is 2.33. The molecule has 0 atom stereocenters. The summed E-state index contributed by atoms with van der Waals surface area (Å²) in [4.78, 5) is 0. The highest BCUT2D eigenvalue weighted by molar-refractivity contribution is 8.93. The molecule has 20 heavy (non-hydrogen) atoms. The minimum Gasteiger partial charge on any atom is -1.00 e. The van der Waals surface area contributed by atoms with E-state index in [1.54, 1.807) is 0 Å². The van der Waals surface area contributed by atoms with Gasteiger partial charge in [0.05, 0.1) is 26.7 Å². The number of unbranched alkanes of at least 4 members (excludes halogenated alkanes) is 7. The van der Waals surface area contributed by atoms with Crippen LogP contribution in [0.15, 0.2) is 25.3 Å². The van der Waals surface area contributed by atoms with Gasteiger partial charge in [-0.05, 0) is 25.0 Å². The molecule has 1 nitrogen and oxygen atoms in total. The van der Waals surface area contributed by atoms with Crippen LogP contribution in [0.2, 0.25) is 0 Å². The summed E-state index contributed by atoms with van der Waals surface area (Å²) in [7, 11) is 2.31. The maximum absolute atomic E-state index is 3.86. The predicted molar refractivity (Wildman–Crippen MR) is 94.1 cm³/mol. The summed E-state index contributed by atoms with van der Waals surface area (Å²) >= 11 is 0. The first kappa shape index (κ1) is 25.4. The fraction of sp³-hybridized carbons (Fsp3) is 0.765. The van der Waals surface area contributed by atoms with Crippen LogP contribution in [0.4, 0.5) is 0 Å². The summed E-state index contributed by atoms with van der Waals surface area (Å²) in [5, 5.41) is 0. The first-order chi connectivity index (χ1) is 8.68. The van der Waals surface area contributed by atoms with Gasteiger partial charge in [0.1, 0.15) is 0 Å². The number of rotatable bonds is 13. The van der Waals surface area contributed by atoms with Crippen molar-refractivity contribution in [2.45, 2.75) is 58.3 Å². The van der Waals surface area contributed by atoms with Gasteiger partial charge in [0.25, 0.3) is 0 Å². The van der Waals surface area contributed by atoms with Crippen molar-refractivity contribution >= 4 is 17.0 Å². The second-order valence-electron chi connectivity index (χ2n) is 5.76. The van der Waals surface area contributed by atoms with E-state index in [2.05, 4.69) is 27.1 Å². The standard InChI is InChI=1S/C17H34N.2BrH/c1-5-8-9-10-11-12-13-14-17-18(4,15-6-2)16-7-3;;/h6-7H,2-3,5,8-17H2,1,4H3;2*1H/q+1;;/p-1. The van der Waals surface area contributed by atoms with Gasteiger partial charge in [-0.1, -0.05) is 58.6 Å². The third kappa shape index (κ3) is 14.8. The van der Waals surface area contributed by atoms with Crippen LogP contribution in [0.1, 0.15) is 58.3 Å². The molecule has 0 N–H and O–H groups in total. The third-order valence-electron chi connectivity index (χ3n) is 3.69. The molecule has 0 saturated carbocycles. The van der Waals surface area contributed by atoms with Crippen molar-refractivity contribution in [1.82, 2.24) is 0 Å². The molecule has 0 bridgehead atoms. The monoisotopic (exact) mass is 411 g/mol. The molecule has 0 aliphatic heterocycles. The summed E-state index contributed by atoms with van der Waals surface area (Å²) in [5.74, 6) is 0. The van der Waals surface area contributed by atoms with Crippen LogP contribution >= 0.6 is 17.0 Å². The zero-order valence-corrected chi connectivity index (χ0v) is 16.9. The summed E-state index contributed by atoms with van der Waals surface area (Å²) in [6, 6.07) is 0. The van der Waals surface area contributed by atoms with Crippen LogP contribution in [0.25, 0.3) is 0 Å². The zero-order chi connectivity index (χ0) is 13.7. The Bertz CT molecular complexity index is 207. The fourth-order valence-electron chi connectivity index (χ4n) is 2.51. The maximum Gasteiger partial charge on any atom is 0.0971 e. The lowest BCUT2D eigenvalue weighted by atomic mass is 10.1. The van der Waals surface area contributed by atoms with Crippen molar-refractivity contribution in [3.05, 3.63) is 25.3 Å². The van der Waals surface area contributed by atoms with Gasteiger partial charge in [-0.2, -0.15) is 0 Å². The van der Waals surface area contributed by atoms with Crippen molar-refractivity contribution in [3.63, 3.8) is 0 Å². The van der Waals surface area contributed by atoms with E-state index < -0.39 is 0 Å². The Morgan fingerprint density at radius 1 is 0.800 bits per heavy atom. The normalized spacial score (nSPS) is 10.3. The van der Waals surface area contributed by atoms with E-state index in [-0.39, 0.29) is 34.0 Å². The average molecular weight is 413 g/mol. The van der Waals surface area contributed by atoms with E-state index in [4.69, 9.17) is 0 Å². The molecule has 0 aliphatic carbocycles. The second kappa shape index (κ2) is 17.5. The molecule has 0 radical (unpaired) electrons. The molecule has 0 unspecified atom stereocenters. The van der Waals surface area contributed by atoms with Crippen molar-refractivity contribution in [3.8, 4) is 0 Å². The number of hydrogen-bond acceptors (Lipinski definition) is 0. The van der Waals surface area contributed by atoms with Crippen molar-refractivity contribution in [2.75, 3.05) is 26.7 Å². The Morgan fingerprint density at radius 3 is 1.60 bits per heavy atom. The second-order valence-corrected chi connectivity index (χ2v) is 5.76. The SMILES string of the molecule is Br.C=CC[N+](C)(CC=C)CCCCCCCCCC.[Br-]. The minimum atomic E-state index is 0. The van der Waals surface area contributed by atoms with Gasteiger partial charge in [0, 0.05) is 0 Å². The van der Waals surface area contributed by atoms with Crippen molar-refractivity contribution in [2.24, 2.45) is 0 Å². The van der Waals surface area contributed by atoms with E-state index in [1.165, 1.54) is 57.9 Å². The Labute approximate surface area is 148 Å². The Hall–Kier alpha value is 0.400. The molecule has 0 fully saturated rings. The summed E-state index contributed by atoms with van der Waals surface area (Å²) in [5.41, 5.74) is 0. The van der Waals surface area contributed by atoms with Gasteiger partial charge in [-0.15, -0.1) is 17.0 Å². The molecule has 0 spiro atoms. The molecule has 0 heterocycles. The highest BCUT2D eigenvalue weighted by Crippen LogP contribution is 2.11. The molecule has 0 aromatic carbocycles. The van der Waals surface area contributed by atoms with Gasteiger partial charge in [-0.3, -0.25) is 0 Å². The molecule has 0 aliphatic rings. The van der Waals surface area contributed by atoms with Crippen LogP contribution in [-0.4, -0.2) is 31.2 Å². The number of halogens is 2. The lowest BCUT2D eigenvalue weighted by Gasteiger charge is -2.32. The highest BCUT2D eigenvalue weighted by Gasteiger charge is 2.16. The van der Waals surface area contributed by atoms with Crippen molar-refractivity contribution in [1.29, 1.82) is 0 Å². The van der Waals surface area contributed by atoms with Gasteiger partial charge < -0.3 is 21.5 Å². The molecular weight excluding hydrogens is 378 g/mol. The Morgan fingerprint density at radius 2 is 1.20 bits per heavy atom. The number of nitrogens with zero attached hydrogens (tertiary/aromatic N) is 1.